The van der Waals surface area contributed by atoms with Gasteiger partial charge in [-0.2, -0.15) is 4.31 Å². The first kappa shape index (κ1) is 22.4. The molecule has 0 radical (unpaired) electrons. The van der Waals surface area contributed by atoms with E-state index in [4.69, 9.17) is 0 Å². The minimum absolute atomic E-state index is 0.0415. The van der Waals surface area contributed by atoms with Gasteiger partial charge >= 0.3 is 0 Å². The molecule has 2 aliphatic heterocycles. The van der Waals surface area contributed by atoms with Crippen molar-refractivity contribution in [3.63, 3.8) is 0 Å². The number of aryl methyl sites for hydroxylation is 1. The molecule has 0 aromatic heterocycles. The lowest BCUT2D eigenvalue weighted by molar-refractivity contribution is -0.385. The molecule has 2 aromatic carbocycles. The number of hydrogen-bond donors (Lipinski definition) is 0. The highest BCUT2D eigenvalue weighted by Crippen LogP contribution is 2.35. The molecule has 0 saturated carbocycles. The maximum atomic E-state index is 13.3. The van der Waals surface area contributed by atoms with Crippen molar-refractivity contribution in [2.24, 2.45) is 5.92 Å². The van der Waals surface area contributed by atoms with Crippen molar-refractivity contribution < 1.29 is 18.1 Å². The lowest BCUT2D eigenvalue weighted by Crippen LogP contribution is -2.44. The van der Waals surface area contributed by atoms with Gasteiger partial charge in [-0.3, -0.25) is 14.9 Å². The van der Waals surface area contributed by atoms with Gasteiger partial charge in [0.25, 0.3) is 5.69 Å². The zero-order valence-electron chi connectivity index (χ0n) is 18.0. The number of non-ortho nitro benzene ring substituents is 1. The standard InChI is InChI=1S/C23H27N3O5S/c1-17-9-10-20(26(28)29)16-22(17)32(30,31)24-14-11-19(12-15-24)23(27)25-13-5-8-21(25)18-6-3-2-4-7-18/h2-4,6-7,9-10,16,19,21H,5,8,11-15H2,1H3/t21-/m1/s1. The molecule has 9 heteroatoms. The van der Waals surface area contributed by atoms with Crippen molar-refractivity contribution in [3.05, 3.63) is 69.8 Å². The third-order valence-electron chi connectivity index (χ3n) is 6.52. The highest BCUT2D eigenvalue weighted by atomic mass is 32.2. The molecule has 170 valence electrons. The van der Waals surface area contributed by atoms with Crippen LogP contribution in [0.2, 0.25) is 0 Å². The normalized spacial score (nSPS) is 20.4. The van der Waals surface area contributed by atoms with Crippen LogP contribution in [-0.2, 0) is 14.8 Å². The van der Waals surface area contributed by atoms with E-state index in [0.29, 0.717) is 18.4 Å². The Hall–Kier alpha value is -2.78. The molecule has 2 fully saturated rings. The maximum absolute atomic E-state index is 13.3. The summed E-state index contributed by atoms with van der Waals surface area (Å²) in [5.41, 5.74) is 1.36. The largest absolute Gasteiger partial charge is 0.335 e. The summed E-state index contributed by atoms with van der Waals surface area (Å²) in [6.45, 7) is 2.81. The molecule has 2 saturated heterocycles. The second kappa shape index (κ2) is 8.99. The third kappa shape index (κ3) is 4.27. The molecule has 1 atom stereocenters. The average molecular weight is 458 g/mol. The van der Waals surface area contributed by atoms with Crippen LogP contribution in [-0.4, -0.2) is 48.1 Å². The van der Waals surface area contributed by atoms with Gasteiger partial charge in [-0.15, -0.1) is 0 Å². The number of carbonyl (C=O) groups is 1. The van der Waals surface area contributed by atoms with E-state index in [9.17, 15) is 23.3 Å². The number of rotatable bonds is 5. The zero-order valence-corrected chi connectivity index (χ0v) is 18.8. The van der Waals surface area contributed by atoms with Crippen LogP contribution in [0.25, 0.3) is 0 Å². The van der Waals surface area contributed by atoms with Crippen molar-refractivity contribution in [3.8, 4) is 0 Å². The molecule has 0 bridgehead atoms. The molecule has 2 heterocycles. The number of carbonyl (C=O) groups excluding carboxylic acids is 1. The maximum Gasteiger partial charge on any atom is 0.270 e. The Kier molecular flexibility index (Phi) is 6.30. The van der Waals surface area contributed by atoms with Crippen LogP contribution < -0.4 is 0 Å². The fraction of sp³-hybridized carbons (Fsp3) is 0.435. The minimum Gasteiger partial charge on any atom is -0.335 e. The van der Waals surface area contributed by atoms with Gasteiger partial charge in [-0.1, -0.05) is 36.4 Å². The van der Waals surface area contributed by atoms with Gasteiger partial charge in [0, 0.05) is 37.7 Å². The predicted octanol–water partition coefficient (Wildman–Crippen LogP) is 3.67. The van der Waals surface area contributed by atoms with E-state index in [-0.39, 0.29) is 41.5 Å². The van der Waals surface area contributed by atoms with Crippen LogP contribution in [0.5, 0.6) is 0 Å². The predicted molar refractivity (Wildman–Crippen MR) is 119 cm³/mol. The fourth-order valence-corrected chi connectivity index (χ4v) is 6.46. The SMILES string of the molecule is Cc1ccc([N+](=O)[O-])cc1S(=O)(=O)N1CCC(C(=O)N2CCC[C@@H]2c2ccccc2)CC1. The van der Waals surface area contributed by atoms with Gasteiger partial charge in [-0.25, -0.2) is 8.42 Å². The van der Waals surface area contributed by atoms with E-state index < -0.39 is 14.9 Å². The number of nitro benzene ring substituents is 1. The lowest BCUT2D eigenvalue weighted by atomic mass is 9.95. The summed E-state index contributed by atoms with van der Waals surface area (Å²) in [5, 5.41) is 11.1. The van der Waals surface area contributed by atoms with Crippen LogP contribution in [0.3, 0.4) is 0 Å². The number of piperidine rings is 1. The Balaban J connectivity index is 1.45. The Labute approximate surface area is 188 Å². The van der Waals surface area contributed by atoms with E-state index in [1.807, 2.05) is 35.2 Å². The average Bonchev–Trinajstić information content (AvgIpc) is 3.29. The monoisotopic (exact) mass is 457 g/mol. The second-order valence-electron chi connectivity index (χ2n) is 8.49. The van der Waals surface area contributed by atoms with E-state index in [0.717, 1.165) is 31.0 Å². The smallest absolute Gasteiger partial charge is 0.270 e. The van der Waals surface area contributed by atoms with E-state index in [1.54, 1.807) is 6.92 Å². The summed E-state index contributed by atoms with van der Waals surface area (Å²) in [5.74, 6) is -0.114. The molecule has 32 heavy (non-hydrogen) atoms. The molecule has 1 amide bonds. The van der Waals surface area contributed by atoms with Crippen LogP contribution in [0.15, 0.2) is 53.4 Å². The molecular weight excluding hydrogens is 430 g/mol. The van der Waals surface area contributed by atoms with Gasteiger partial charge in [-0.05, 0) is 43.7 Å². The molecule has 0 aliphatic carbocycles. The van der Waals surface area contributed by atoms with E-state index in [1.165, 1.54) is 16.4 Å². The second-order valence-corrected chi connectivity index (χ2v) is 10.4. The molecule has 2 aromatic rings. The Morgan fingerprint density at radius 1 is 1.03 bits per heavy atom. The minimum atomic E-state index is -3.87. The third-order valence-corrected chi connectivity index (χ3v) is 8.56. The summed E-state index contributed by atoms with van der Waals surface area (Å²) in [6, 6.07) is 14.0. The number of nitro groups is 1. The van der Waals surface area contributed by atoms with Crippen molar-refractivity contribution in [2.45, 2.75) is 43.5 Å². The summed E-state index contributed by atoms with van der Waals surface area (Å²) in [4.78, 5) is 25.7. The lowest BCUT2D eigenvalue weighted by Gasteiger charge is -2.34. The number of likely N-dealkylation sites (tertiary alicyclic amines) is 1. The summed E-state index contributed by atoms with van der Waals surface area (Å²) < 4.78 is 27.7. The number of amides is 1. The summed E-state index contributed by atoms with van der Waals surface area (Å²) in [6.07, 6.45) is 2.80. The first-order valence-electron chi connectivity index (χ1n) is 10.9. The topological polar surface area (TPSA) is 101 Å². The van der Waals surface area contributed by atoms with Gasteiger partial charge in [0.2, 0.25) is 15.9 Å². The molecular formula is C23H27N3O5S. The quantitative estimate of drug-likeness (QED) is 0.504. The van der Waals surface area contributed by atoms with Gasteiger partial charge in [0.15, 0.2) is 0 Å². The number of nitrogens with zero attached hydrogens (tertiary/aromatic N) is 3. The van der Waals surface area contributed by atoms with Gasteiger partial charge in [0.1, 0.15) is 0 Å². The molecule has 0 spiro atoms. The van der Waals surface area contributed by atoms with Crippen molar-refractivity contribution in [2.75, 3.05) is 19.6 Å². The van der Waals surface area contributed by atoms with Crippen LogP contribution >= 0.6 is 0 Å². The first-order chi connectivity index (χ1) is 15.3. The van der Waals surface area contributed by atoms with Crippen molar-refractivity contribution in [1.29, 1.82) is 0 Å². The Morgan fingerprint density at radius 2 is 1.72 bits per heavy atom. The molecule has 2 aliphatic rings. The molecule has 0 N–H and O–H groups in total. The van der Waals surface area contributed by atoms with Crippen molar-refractivity contribution >= 4 is 21.6 Å². The number of benzene rings is 2. The number of hydrogen-bond acceptors (Lipinski definition) is 5. The van der Waals surface area contributed by atoms with Crippen LogP contribution in [0.1, 0.15) is 42.9 Å². The highest BCUT2D eigenvalue weighted by molar-refractivity contribution is 7.89. The van der Waals surface area contributed by atoms with Crippen molar-refractivity contribution in [1.82, 2.24) is 9.21 Å². The molecule has 8 nitrogen and oxygen atoms in total. The zero-order chi connectivity index (χ0) is 22.9. The Morgan fingerprint density at radius 3 is 2.38 bits per heavy atom. The van der Waals surface area contributed by atoms with Gasteiger partial charge < -0.3 is 4.90 Å². The van der Waals surface area contributed by atoms with E-state index >= 15 is 0 Å². The number of sulfonamides is 1. The summed E-state index contributed by atoms with van der Waals surface area (Å²) >= 11 is 0. The Bertz CT molecular complexity index is 1110. The first-order valence-corrected chi connectivity index (χ1v) is 12.3. The van der Waals surface area contributed by atoms with Crippen LogP contribution in [0, 0.1) is 23.0 Å². The fourth-order valence-electron chi connectivity index (χ4n) is 4.75. The van der Waals surface area contributed by atoms with Gasteiger partial charge in [0.05, 0.1) is 15.9 Å². The van der Waals surface area contributed by atoms with Crippen LogP contribution in [0.4, 0.5) is 5.69 Å². The highest BCUT2D eigenvalue weighted by Gasteiger charge is 2.38. The molecule has 4 rings (SSSR count). The molecule has 0 unspecified atom stereocenters. The van der Waals surface area contributed by atoms with E-state index in [2.05, 4.69) is 0 Å². The summed E-state index contributed by atoms with van der Waals surface area (Å²) in [7, 11) is -3.87.